The van der Waals surface area contributed by atoms with Crippen molar-refractivity contribution < 1.29 is 13.2 Å². The van der Waals surface area contributed by atoms with Crippen molar-refractivity contribution in [1.82, 2.24) is 0 Å². The van der Waals surface area contributed by atoms with Crippen LogP contribution in [0.25, 0.3) is 0 Å². The van der Waals surface area contributed by atoms with Crippen LogP contribution in [0.3, 0.4) is 0 Å². The maximum atomic E-state index is 13.0. The molecular formula is C19H18N2O3S3. The third-order valence-corrected chi connectivity index (χ3v) is 7.52. The zero-order valence-electron chi connectivity index (χ0n) is 14.7. The number of hydrogen-bond acceptors (Lipinski definition) is 5. The molecule has 0 saturated heterocycles. The van der Waals surface area contributed by atoms with E-state index >= 15 is 0 Å². The molecule has 8 heteroatoms. The van der Waals surface area contributed by atoms with Crippen molar-refractivity contribution >= 4 is 50.4 Å². The number of amides is 1. The molecule has 0 unspecified atom stereocenters. The van der Waals surface area contributed by atoms with E-state index in [0.717, 1.165) is 16.2 Å². The number of anilines is 2. The van der Waals surface area contributed by atoms with Gasteiger partial charge in [0.1, 0.15) is 9.77 Å². The lowest BCUT2D eigenvalue weighted by atomic mass is 10.3. The van der Waals surface area contributed by atoms with Crippen LogP contribution in [-0.2, 0) is 10.0 Å². The Hall–Kier alpha value is -2.29. The summed E-state index contributed by atoms with van der Waals surface area (Å²) >= 11 is 2.67. The van der Waals surface area contributed by atoms with Crippen LogP contribution in [0.1, 0.15) is 9.67 Å². The zero-order valence-corrected chi connectivity index (χ0v) is 17.2. The monoisotopic (exact) mass is 418 g/mol. The Morgan fingerprint density at radius 2 is 1.81 bits per heavy atom. The minimum atomic E-state index is -3.85. The molecule has 0 atom stereocenters. The van der Waals surface area contributed by atoms with Crippen LogP contribution in [0.5, 0.6) is 0 Å². The molecular weight excluding hydrogens is 400 g/mol. The second kappa shape index (κ2) is 8.16. The van der Waals surface area contributed by atoms with E-state index in [1.54, 1.807) is 47.5 Å². The van der Waals surface area contributed by atoms with E-state index in [9.17, 15) is 13.2 Å². The molecule has 0 bridgehead atoms. The fourth-order valence-corrected chi connectivity index (χ4v) is 5.43. The van der Waals surface area contributed by atoms with E-state index in [0.29, 0.717) is 11.4 Å². The second-order valence-electron chi connectivity index (χ2n) is 5.61. The maximum Gasteiger partial charge on any atom is 0.267 e. The average Bonchev–Trinajstić information content (AvgIpc) is 3.19. The minimum Gasteiger partial charge on any atom is -0.321 e. The van der Waals surface area contributed by atoms with Crippen molar-refractivity contribution in [1.29, 1.82) is 0 Å². The van der Waals surface area contributed by atoms with Crippen molar-refractivity contribution in [3.8, 4) is 0 Å². The minimum absolute atomic E-state index is 0.00243. The Labute approximate surface area is 167 Å². The van der Waals surface area contributed by atoms with Crippen LogP contribution in [0, 0.1) is 0 Å². The first-order valence-electron chi connectivity index (χ1n) is 8.00. The van der Waals surface area contributed by atoms with Crippen LogP contribution in [0.4, 0.5) is 11.4 Å². The van der Waals surface area contributed by atoms with E-state index in [4.69, 9.17) is 0 Å². The first-order chi connectivity index (χ1) is 12.9. The predicted octanol–water partition coefficient (Wildman–Crippen LogP) is 4.55. The van der Waals surface area contributed by atoms with Gasteiger partial charge in [0.25, 0.3) is 15.9 Å². The number of benzene rings is 2. The zero-order chi connectivity index (χ0) is 19.4. The Balaban J connectivity index is 1.89. The number of thiophene rings is 1. The van der Waals surface area contributed by atoms with E-state index in [1.165, 1.54) is 17.4 Å². The number of rotatable bonds is 6. The van der Waals surface area contributed by atoms with Crippen molar-refractivity contribution in [2.24, 2.45) is 0 Å². The van der Waals surface area contributed by atoms with Gasteiger partial charge >= 0.3 is 0 Å². The highest BCUT2D eigenvalue weighted by atomic mass is 32.2. The highest BCUT2D eigenvalue weighted by molar-refractivity contribution is 7.98. The lowest BCUT2D eigenvalue weighted by Gasteiger charge is -2.19. The topological polar surface area (TPSA) is 66.5 Å². The average molecular weight is 419 g/mol. The van der Waals surface area contributed by atoms with Gasteiger partial charge in [-0.15, -0.1) is 23.1 Å². The van der Waals surface area contributed by atoms with E-state index in [2.05, 4.69) is 5.32 Å². The van der Waals surface area contributed by atoms with Crippen LogP contribution >= 0.6 is 23.1 Å². The number of thioether (sulfide) groups is 1. The Morgan fingerprint density at radius 1 is 1.07 bits per heavy atom. The quantitative estimate of drug-likeness (QED) is 0.597. The first-order valence-corrected chi connectivity index (χ1v) is 11.5. The summed E-state index contributed by atoms with van der Waals surface area (Å²) in [7, 11) is -2.37. The Morgan fingerprint density at radius 3 is 2.52 bits per heavy atom. The summed E-state index contributed by atoms with van der Waals surface area (Å²) in [5.74, 6) is -0.441. The highest BCUT2D eigenvalue weighted by Gasteiger charge is 2.28. The van der Waals surface area contributed by atoms with Gasteiger partial charge in [-0.3, -0.25) is 9.10 Å². The van der Waals surface area contributed by atoms with Gasteiger partial charge in [-0.25, -0.2) is 8.42 Å². The molecule has 0 aliphatic carbocycles. The lowest BCUT2D eigenvalue weighted by Crippen LogP contribution is -2.28. The SMILES string of the molecule is CSc1cccc(NC(=O)c2sccc2S(=O)(=O)N(C)c2ccccc2)c1. The molecule has 27 heavy (non-hydrogen) atoms. The van der Waals surface area contributed by atoms with Gasteiger partial charge in [0.15, 0.2) is 0 Å². The van der Waals surface area contributed by atoms with Gasteiger partial charge in [0.05, 0.1) is 5.69 Å². The molecule has 2 aromatic carbocycles. The summed E-state index contributed by atoms with van der Waals surface area (Å²) in [6.45, 7) is 0. The molecule has 0 spiro atoms. The van der Waals surface area contributed by atoms with Gasteiger partial charge in [-0.05, 0) is 48.0 Å². The van der Waals surface area contributed by atoms with Crippen LogP contribution in [0.2, 0.25) is 0 Å². The number of nitrogens with one attached hydrogen (secondary N) is 1. The molecule has 0 fully saturated rings. The number of para-hydroxylation sites is 1. The van der Waals surface area contributed by atoms with Gasteiger partial charge in [0, 0.05) is 17.6 Å². The fourth-order valence-electron chi connectivity index (χ4n) is 2.48. The predicted molar refractivity (Wildman–Crippen MR) is 113 cm³/mol. The van der Waals surface area contributed by atoms with Crippen molar-refractivity contribution in [2.75, 3.05) is 22.9 Å². The second-order valence-corrected chi connectivity index (χ2v) is 9.34. The van der Waals surface area contributed by atoms with E-state index in [1.807, 2.05) is 30.5 Å². The summed E-state index contributed by atoms with van der Waals surface area (Å²) in [6.07, 6.45) is 1.95. The Bertz CT molecular complexity index is 1050. The molecule has 1 N–H and O–H groups in total. The number of carbonyl (C=O) groups excluding carboxylic acids is 1. The van der Waals surface area contributed by atoms with Gasteiger partial charge in [-0.2, -0.15) is 0 Å². The van der Waals surface area contributed by atoms with Gasteiger partial charge in [-0.1, -0.05) is 24.3 Å². The summed E-state index contributed by atoms with van der Waals surface area (Å²) < 4.78 is 27.2. The summed E-state index contributed by atoms with van der Waals surface area (Å²) in [5, 5.41) is 4.40. The standard InChI is InChI=1S/C19H18N2O3S3/c1-21(15-8-4-3-5-9-15)27(23,24)17-11-12-26-18(17)19(22)20-14-7-6-10-16(13-14)25-2/h3-13H,1-2H3,(H,20,22). The number of sulfonamides is 1. The normalized spacial score (nSPS) is 11.2. The van der Waals surface area contributed by atoms with Gasteiger partial charge in [0.2, 0.25) is 0 Å². The largest absolute Gasteiger partial charge is 0.321 e. The summed E-state index contributed by atoms with van der Waals surface area (Å²) in [5.41, 5.74) is 1.16. The molecule has 0 saturated carbocycles. The maximum absolute atomic E-state index is 13.0. The molecule has 3 aromatic rings. The lowest BCUT2D eigenvalue weighted by molar-refractivity contribution is 0.102. The third kappa shape index (κ3) is 4.18. The van der Waals surface area contributed by atoms with Crippen molar-refractivity contribution in [2.45, 2.75) is 9.79 Å². The smallest absolute Gasteiger partial charge is 0.267 e. The number of nitrogens with zero attached hydrogens (tertiary/aromatic N) is 1. The van der Waals surface area contributed by atoms with Crippen LogP contribution in [-0.4, -0.2) is 27.6 Å². The van der Waals surface area contributed by atoms with Gasteiger partial charge < -0.3 is 5.32 Å². The van der Waals surface area contributed by atoms with Crippen LogP contribution in [0.15, 0.2) is 75.8 Å². The number of hydrogen-bond donors (Lipinski definition) is 1. The van der Waals surface area contributed by atoms with Crippen LogP contribution < -0.4 is 9.62 Å². The van der Waals surface area contributed by atoms with E-state index in [-0.39, 0.29) is 9.77 Å². The Kier molecular flexibility index (Phi) is 5.88. The third-order valence-electron chi connectivity index (χ3n) is 3.92. The van der Waals surface area contributed by atoms with E-state index < -0.39 is 15.9 Å². The molecule has 3 rings (SSSR count). The first kappa shape index (κ1) is 19.5. The molecule has 1 aromatic heterocycles. The molecule has 0 aliphatic heterocycles. The van der Waals surface area contributed by atoms with Crippen molar-refractivity contribution in [3.05, 3.63) is 70.9 Å². The molecule has 0 aliphatic rings. The molecule has 0 radical (unpaired) electrons. The fraction of sp³-hybridized carbons (Fsp3) is 0.105. The highest BCUT2D eigenvalue weighted by Crippen LogP contribution is 2.29. The molecule has 5 nitrogen and oxygen atoms in total. The number of carbonyl (C=O) groups is 1. The molecule has 1 heterocycles. The molecule has 1 amide bonds. The summed E-state index contributed by atoms with van der Waals surface area (Å²) in [4.78, 5) is 13.9. The summed E-state index contributed by atoms with van der Waals surface area (Å²) in [6, 6.07) is 17.6. The van der Waals surface area contributed by atoms with Crippen molar-refractivity contribution in [3.63, 3.8) is 0 Å². The molecule has 140 valence electrons.